The maximum absolute atomic E-state index is 10.8. The summed E-state index contributed by atoms with van der Waals surface area (Å²) in [7, 11) is 1.38. The molecule has 0 aliphatic heterocycles. The monoisotopic (exact) mass is 498 g/mol. The van der Waals surface area contributed by atoms with E-state index in [9.17, 15) is 9.59 Å². The Morgan fingerprint density at radius 3 is 2.00 bits per heavy atom. The second kappa shape index (κ2) is 14.2. The largest absolute Gasteiger partial charge is 0.478 e. The van der Waals surface area contributed by atoms with E-state index < -0.39 is 5.97 Å². The maximum Gasteiger partial charge on any atom is 0.330 e. The van der Waals surface area contributed by atoms with Crippen LogP contribution in [0.2, 0.25) is 0 Å². The van der Waals surface area contributed by atoms with Crippen LogP contribution >= 0.6 is 0 Å². The van der Waals surface area contributed by atoms with Gasteiger partial charge in [-0.3, -0.25) is 0 Å². The van der Waals surface area contributed by atoms with Crippen LogP contribution in [0.15, 0.2) is 70.4 Å². The van der Waals surface area contributed by atoms with Crippen molar-refractivity contribution in [1.29, 1.82) is 0 Å². The number of esters is 1. The van der Waals surface area contributed by atoms with Gasteiger partial charge in [-0.25, -0.2) is 9.59 Å². The molecule has 1 N–H and O–H groups in total. The van der Waals surface area contributed by atoms with Crippen LogP contribution in [-0.4, -0.2) is 24.2 Å². The fraction of sp³-hybridized carbons (Fsp3) is 0.562. The van der Waals surface area contributed by atoms with E-state index in [1.54, 1.807) is 6.92 Å². The molecule has 0 saturated carbocycles. The lowest BCUT2D eigenvalue weighted by atomic mass is 9.72. The molecule has 0 aromatic rings. The van der Waals surface area contributed by atoms with E-state index >= 15 is 0 Å². The molecule has 0 atom stereocenters. The third-order valence-corrected chi connectivity index (χ3v) is 6.54. The van der Waals surface area contributed by atoms with Gasteiger partial charge in [-0.15, -0.1) is 0 Å². The lowest BCUT2D eigenvalue weighted by Gasteiger charge is -2.33. The van der Waals surface area contributed by atoms with Gasteiger partial charge in [-0.2, -0.15) is 0 Å². The van der Waals surface area contributed by atoms with Crippen LogP contribution in [0.5, 0.6) is 0 Å². The van der Waals surface area contributed by atoms with Crippen molar-refractivity contribution in [2.24, 2.45) is 16.2 Å². The molecule has 4 heteroatoms. The number of methoxy groups -OCH3 is 1. The van der Waals surface area contributed by atoms with E-state index in [2.05, 4.69) is 85.3 Å². The predicted octanol–water partition coefficient (Wildman–Crippen LogP) is 8.78. The number of carboxylic acid groups (broad SMARTS) is 1. The highest BCUT2D eigenvalue weighted by atomic mass is 16.5. The van der Waals surface area contributed by atoms with Crippen molar-refractivity contribution in [3.63, 3.8) is 0 Å². The molecule has 0 unspecified atom stereocenters. The summed E-state index contributed by atoms with van der Waals surface area (Å²) in [6, 6.07) is 0. The molecule has 36 heavy (non-hydrogen) atoms. The number of hydrogen-bond donors (Lipinski definition) is 1. The van der Waals surface area contributed by atoms with E-state index in [1.165, 1.54) is 55.2 Å². The van der Waals surface area contributed by atoms with Crippen molar-refractivity contribution in [2.45, 2.75) is 95.4 Å². The number of carbonyl (C=O) groups excluding carboxylic acids is 1. The van der Waals surface area contributed by atoms with E-state index in [0.29, 0.717) is 0 Å². The molecule has 0 radical (unpaired) electrons. The molecule has 0 heterocycles. The second-order valence-electron chi connectivity index (χ2n) is 12.3. The normalized spacial score (nSPS) is 17.8. The zero-order chi connectivity index (χ0) is 28.3. The van der Waals surface area contributed by atoms with Gasteiger partial charge in [0.05, 0.1) is 7.11 Å². The molecule has 4 nitrogen and oxygen atoms in total. The van der Waals surface area contributed by atoms with Crippen molar-refractivity contribution >= 4 is 11.9 Å². The summed E-state index contributed by atoms with van der Waals surface area (Å²) in [4.78, 5) is 21.5. The maximum atomic E-state index is 10.8. The number of carboxylic acids is 1. The number of aliphatic carboxylic acids is 1. The van der Waals surface area contributed by atoms with Gasteiger partial charge in [0.2, 0.25) is 0 Å². The summed E-state index contributed by atoms with van der Waals surface area (Å²) in [6.45, 7) is 23.4. The van der Waals surface area contributed by atoms with E-state index in [1.807, 2.05) is 19.1 Å². The zero-order valence-electron chi connectivity index (χ0n) is 24.8. The highest BCUT2D eigenvalue weighted by Crippen LogP contribution is 2.41. The van der Waals surface area contributed by atoms with Gasteiger partial charge in [-0.1, -0.05) is 96.9 Å². The van der Waals surface area contributed by atoms with Gasteiger partial charge in [-0.05, 0) is 73.0 Å². The number of allylic oxidation sites excluding steroid dienone is 10. The first-order valence-corrected chi connectivity index (χ1v) is 12.8. The molecule has 1 aliphatic rings. The zero-order valence-corrected chi connectivity index (χ0v) is 24.8. The van der Waals surface area contributed by atoms with Gasteiger partial charge >= 0.3 is 11.9 Å². The lowest BCUT2D eigenvalue weighted by Crippen LogP contribution is -2.19. The Labute approximate surface area is 220 Å². The average Bonchev–Trinajstić information content (AvgIpc) is 2.69. The Morgan fingerprint density at radius 1 is 0.972 bits per heavy atom. The quantitative estimate of drug-likeness (QED) is 0.226. The number of ether oxygens (including phenoxy) is 1. The SMILES string of the molecule is CC1=C(/C=C/C(=C\C=C\C(C)=C\C(=O)O)C(C)(C)C)C(C)(C)CCC1.COC(=O)/C=C(\C)C(C)(C)C. The molecule has 0 bridgehead atoms. The molecule has 202 valence electrons. The van der Waals surface area contributed by atoms with Crippen LogP contribution < -0.4 is 0 Å². The third kappa shape index (κ3) is 12.9. The van der Waals surface area contributed by atoms with Gasteiger partial charge in [0, 0.05) is 12.2 Å². The molecule has 0 amide bonds. The summed E-state index contributed by atoms with van der Waals surface area (Å²) < 4.78 is 4.50. The Balaban J connectivity index is 0.000000935. The highest BCUT2D eigenvalue weighted by Gasteiger charge is 2.26. The smallest absolute Gasteiger partial charge is 0.330 e. The van der Waals surface area contributed by atoms with Crippen LogP contribution in [0.1, 0.15) is 95.4 Å². The number of rotatable bonds is 6. The lowest BCUT2D eigenvalue weighted by molar-refractivity contribution is -0.135. The van der Waals surface area contributed by atoms with Gasteiger partial charge in [0.1, 0.15) is 0 Å². The molecule has 0 fully saturated rings. The standard InChI is InChI=1S/C23H34O2.C9H16O2/c1-17(16-21(24)25)10-8-12-19(22(3,4)5)13-14-20-18(2)11-9-15-23(20,6)7;1-7(9(2,3)4)6-8(10)11-5/h8,10,12-14,16H,9,11,15H2,1-7H3,(H,24,25);6H,1-5H3/b10-8+,14-13+,17-16+,19-12+;7-6+. The van der Waals surface area contributed by atoms with E-state index in [0.717, 1.165) is 11.1 Å². The Bertz CT molecular complexity index is 949. The Kier molecular flexibility index (Phi) is 13.2. The molecule has 0 saturated heterocycles. The summed E-state index contributed by atoms with van der Waals surface area (Å²) in [5.74, 6) is -1.19. The molecule has 0 spiro atoms. The minimum absolute atomic E-state index is 0.0263. The fourth-order valence-corrected chi connectivity index (χ4v) is 3.74. The van der Waals surface area contributed by atoms with Crippen LogP contribution in [0.25, 0.3) is 0 Å². The summed E-state index contributed by atoms with van der Waals surface area (Å²) in [5.41, 5.74) is 6.26. The first kappa shape index (κ1) is 33.4. The third-order valence-electron chi connectivity index (χ3n) is 6.54. The molecule has 0 aromatic heterocycles. The summed E-state index contributed by atoms with van der Waals surface area (Å²) in [6.07, 6.45) is 16.8. The fourth-order valence-electron chi connectivity index (χ4n) is 3.74. The van der Waals surface area contributed by atoms with Crippen molar-refractivity contribution in [1.82, 2.24) is 0 Å². The molecular weight excluding hydrogens is 448 g/mol. The van der Waals surface area contributed by atoms with Crippen molar-refractivity contribution in [2.75, 3.05) is 7.11 Å². The van der Waals surface area contributed by atoms with Gasteiger partial charge < -0.3 is 9.84 Å². The van der Waals surface area contributed by atoms with Crippen molar-refractivity contribution in [3.05, 3.63) is 70.4 Å². The van der Waals surface area contributed by atoms with Gasteiger partial charge in [0.25, 0.3) is 0 Å². The summed E-state index contributed by atoms with van der Waals surface area (Å²) >= 11 is 0. The molecule has 0 aromatic carbocycles. The van der Waals surface area contributed by atoms with Crippen LogP contribution in [-0.2, 0) is 14.3 Å². The first-order chi connectivity index (χ1) is 16.3. The van der Waals surface area contributed by atoms with Crippen LogP contribution in [0.4, 0.5) is 0 Å². The van der Waals surface area contributed by atoms with E-state index in [4.69, 9.17) is 5.11 Å². The molecule has 1 rings (SSSR count). The predicted molar refractivity (Wildman–Crippen MR) is 153 cm³/mol. The minimum atomic E-state index is -0.913. The van der Waals surface area contributed by atoms with Crippen LogP contribution in [0, 0.1) is 16.2 Å². The Morgan fingerprint density at radius 2 is 1.56 bits per heavy atom. The van der Waals surface area contributed by atoms with Crippen LogP contribution in [0.3, 0.4) is 0 Å². The summed E-state index contributed by atoms with van der Waals surface area (Å²) in [5, 5.41) is 8.78. The van der Waals surface area contributed by atoms with E-state index in [-0.39, 0.29) is 22.2 Å². The van der Waals surface area contributed by atoms with Crippen molar-refractivity contribution in [3.8, 4) is 0 Å². The molecule has 1 aliphatic carbocycles. The first-order valence-electron chi connectivity index (χ1n) is 12.8. The second-order valence-corrected chi connectivity index (χ2v) is 12.3. The number of hydrogen-bond acceptors (Lipinski definition) is 3. The van der Waals surface area contributed by atoms with Gasteiger partial charge in [0.15, 0.2) is 0 Å². The highest BCUT2D eigenvalue weighted by molar-refractivity contribution is 5.82. The average molecular weight is 499 g/mol. The Hall–Kier alpha value is -2.62. The van der Waals surface area contributed by atoms with Crippen molar-refractivity contribution < 1.29 is 19.4 Å². The number of carbonyl (C=O) groups is 2. The topological polar surface area (TPSA) is 63.6 Å². The minimum Gasteiger partial charge on any atom is -0.478 e. The molecular formula is C32H50O4.